The molecule has 2 rings (SSSR count). The molecule has 2 amide bonds. The molecule has 6 heteroatoms. The smallest absolute Gasteiger partial charge is 0.319 e. The maximum atomic E-state index is 12.3. The fraction of sp³-hybridized carbons (Fsp3) is 0.857. The molecule has 2 fully saturated rings. The molecule has 0 radical (unpaired) electrons. The van der Waals surface area contributed by atoms with E-state index in [0.717, 1.165) is 32.6 Å². The topological polar surface area (TPSA) is 64.1 Å². The van der Waals surface area contributed by atoms with Gasteiger partial charge in [0, 0.05) is 32.7 Å². The van der Waals surface area contributed by atoms with Gasteiger partial charge in [-0.2, -0.15) is 0 Å². The SMILES string of the molecule is CC(CN(C)C(=O)N1CCC(N2CCCC2)C1)C(=O)O. The van der Waals surface area contributed by atoms with Crippen LogP contribution in [0.3, 0.4) is 0 Å². The molecule has 0 aromatic carbocycles. The van der Waals surface area contributed by atoms with Crippen LogP contribution in [0.4, 0.5) is 4.79 Å². The van der Waals surface area contributed by atoms with Crippen LogP contribution in [0.25, 0.3) is 0 Å². The first-order valence-corrected chi connectivity index (χ1v) is 7.46. The van der Waals surface area contributed by atoms with Crippen molar-refractivity contribution in [3.05, 3.63) is 0 Å². The van der Waals surface area contributed by atoms with E-state index in [-0.39, 0.29) is 12.6 Å². The molecule has 0 saturated carbocycles. The average Bonchev–Trinajstić information content (AvgIpc) is 3.07. The highest BCUT2D eigenvalue weighted by atomic mass is 16.4. The summed E-state index contributed by atoms with van der Waals surface area (Å²) in [7, 11) is 1.69. The van der Waals surface area contributed by atoms with Crippen molar-refractivity contribution in [3.8, 4) is 0 Å². The van der Waals surface area contributed by atoms with Crippen LogP contribution in [-0.4, -0.2) is 77.6 Å². The summed E-state index contributed by atoms with van der Waals surface area (Å²) in [6.45, 7) is 5.76. The van der Waals surface area contributed by atoms with E-state index in [1.54, 1.807) is 14.0 Å². The maximum absolute atomic E-state index is 12.3. The highest BCUT2D eigenvalue weighted by Gasteiger charge is 2.33. The van der Waals surface area contributed by atoms with E-state index < -0.39 is 11.9 Å². The van der Waals surface area contributed by atoms with Crippen molar-refractivity contribution in [1.82, 2.24) is 14.7 Å². The van der Waals surface area contributed by atoms with E-state index in [1.165, 1.54) is 17.7 Å². The molecule has 2 aliphatic rings. The van der Waals surface area contributed by atoms with Crippen molar-refractivity contribution < 1.29 is 14.7 Å². The minimum atomic E-state index is -0.860. The summed E-state index contributed by atoms with van der Waals surface area (Å²) in [6.07, 6.45) is 3.56. The van der Waals surface area contributed by atoms with E-state index in [0.29, 0.717) is 6.04 Å². The number of carbonyl (C=O) groups excluding carboxylic acids is 1. The molecular formula is C14H25N3O3. The van der Waals surface area contributed by atoms with Crippen molar-refractivity contribution in [2.24, 2.45) is 5.92 Å². The lowest BCUT2D eigenvalue weighted by Crippen LogP contribution is -2.44. The predicted molar refractivity (Wildman–Crippen MR) is 75.6 cm³/mol. The molecule has 2 saturated heterocycles. The number of carboxylic acid groups (broad SMARTS) is 1. The molecule has 0 bridgehead atoms. The molecule has 2 atom stereocenters. The summed E-state index contributed by atoms with van der Waals surface area (Å²) in [6, 6.07) is 0.451. The summed E-state index contributed by atoms with van der Waals surface area (Å²) in [4.78, 5) is 29.0. The lowest BCUT2D eigenvalue weighted by Gasteiger charge is -2.27. The van der Waals surface area contributed by atoms with Crippen LogP contribution in [0.2, 0.25) is 0 Å². The molecule has 0 spiro atoms. The van der Waals surface area contributed by atoms with Gasteiger partial charge in [-0.1, -0.05) is 6.92 Å². The van der Waals surface area contributed by atoms with Crippen LogP contribution < -0.4 is 0 Å². The molecule has 2 heterocycles. The monoisotopic (exact) mass is 283 g/mol. The molecule has 0 aromatic heterocycles. The van der Waals surface area contributed by atoms with Gasteiger partial charge in [0.25, 0.3) is 0 Å². The predicted octanol–water partition coefficient (Wildman–Crippen LogP) is 0.929. The summed E-state index contributed by atoms with van der Waals surface area (Å²) in [5.41, 5.74) is 0. The Hall–Kier alpha value is -1.30. The number of likely N-dealkylation sites (tertiary alicyclic amines) is 2. The van der Waals surface area contributed by atoms with Crippen LogP contribution in [-0.2, 0) is 4.79 Å². The standard InChI is InChI=1S/C14H25N3O3/c1-11(13(18)19)9-15(2)14(20)17-8-5-12(10-17)16-6-3-4-7-16/h11-12H,3-10H2,1-2H3,(H,18,19). The number of hydrogen-bond donors (Lipinski definition) is 1. The summed E-state index contributed by atoms with van der Waals surface area (Å²) < 4.78 is 0. The van der Waals surface area contributed by atoms with E-state index in [9.17, 15) is 9.59 Å². The summed E-state index contributed by atoms with van der Waals surface area (Å²) in [5.74, 6) is -1.39. The molecule has 114 valence electrons. The first kappa shape index (κ1) is 15.1. The molecule has 6 nitrogen and oxygen atoms in total. The van der Waals surface area contributed by atoms with E-state index in [1.807, 2.05) is 4.90 Å². The van der Waals surface area contributed by atoms with Crippen molar-refractivity contribution >= 4 is 12.0 Å². The van der Waals surface area contributed by atoms with Crippen LogP contribution >= 0.6 is 0 Å². The highest BCUT2D eigenvalue weighted by Crippen LogP contribution is 2.21. The Labute approximate surface area is 120 Å². The molecule has 2 unspecified atom stereocenters. The number of rotatable bonds is 4. The molecule has 0 aromatic rings. The van der Waals surface area contributed by atoms with Crippen molar-refractivity contribution in [3.63, 3.8) is 0 Å². The molecule has 0 aliphatic carbocycles. The van der Waals surface area contributed by atoms with Crippen molar-refractivity contribution in [2.45, 2.75) is 32.2 Å². The van der Waals surface area contributed by atoms with Crippen molar-refractivity contribution in [2.75, 3.05) is 39.8 Å². The number of aliphatic carboxylic acids is 1. The Morgan fingerprint density at radius 1 is 1.30 bits per heavy atom. The number of hydrogen-bond acceptors (Lipinski definition) is 3. The Balaban J connectivity index is 1.82. The zero-order valence-corrected chi connectivity index (χ0v) is 12.4. The Morgan fingerprint density at radius 3 is 2.55 bits per heavy atom. The van der Waals surface area contributed by atoms with Gasteiger partial charge in [0.15, 0.2) is 0 Å². The van der Waals surface area contributed by atoms with Gasteiger partial charge in [-0.05, 0) is 32.4 Å². The molecule has 1 N–H and O–H groups in total. The second kappa shape index (κ2) is 6.43. The second-order valence-corrected chi connectivity index (χ2v) is 6.03. The third-order valence-electron chi connectivity index (χ3n) is 4.39. The number of carbonyl (C=O) groups is 2. The van der Waals surface area contributed by atoms with Gasteiger partial charge in [0.2, 0.25) is 0 Å². The van der Waals surface area contributed by atoms with Gasteiger partial charge in [-0.15, -0.1) is 0 Å². The first-order valence-electron chi connectivity index (χ1n) is 7.46. The fourth-order valence-corrected chi connectivity index (χ4v) is 3.13. The van der Waals surface area contributed by atoms with Gasteiger partial charge >= 0.3 is 12.0 Å². The maximum Gasteiger partial charge on any atom is 0.319 e. The van der Waals surface area contributed by atoms with Crippen LogP contribution in [0.15, 0.2) is 0 Å². The minimum absolute atomic E-state index is 0.0419. The van der Waals surface area contributed by atoms with E-state index >= 15 is 0 Å². The van der Waals surface area contributed by atoms with Gasteiger partial charge in [-0.3, -0.25) is 9.69 Å². The zero-order chi connectivity index (χ0) is 14.7. The number of urea groups is 1. The van der Waals surface area contributed by atoms with Gasteiger partial charge in [0.1, 0.15) is 0 Å². The zero-order valence-electron chi connectivity index (χ0n) is 12.4. The Kier molecular flexibility index (Phi) is 4.86. The Bertz CT molecular complexity index is 369. The van der Waals surface area contributed by atoms with E-state index in [2.05, 4.69) is 4.90 Å². The van der Waals surface area contributed by atoms with Crippen LogP contribution in [0.5, 0.6) is 0 Å². The third-order valence-corrected chi connectivity index (χ3v) is 4.39. The average molecular weight is 283 g/mol. The first-order chi connectivity index (χ1) is 9.49. The summed E-state index contributed by atoms with van der Waals surface area (Å²) >= 11 is 0. The third kappa shape index (κ3) is 3.42. The molecular weight excluding hydrogens is 258 g/mol. The Morgan fingerprint density at radius 2 is 1.95 bits per heavy atom. The fourth-order valence-electron chi connectivity index (χ4n) is 3.13. The number of carboxylic acids is 1. The highest BCUT2D eigenvalue weighted by molar-refractivity contribution is 5.76. The van der Waals surface area contributed by atoms with Crippen LogP contribution in [0, 0.1) is 5.92 Å². The van der Waals surface area contributed by atoms with Crippen molar-refractivity contribution in [1.29, 1.82) is 0 Å². The summed E-state index contributed by atoms with van der Waals surface area (Å²) in [5, 5.41) is 8.91. The second-order valence-electron chi connectivity index (χ2n) is 6.03. The lowest BCUT2D eigenvalue weighted by molar-refractivity contribution is -0.141. The normalized spacial score (nSPS) is 24.9. The quantitative estimate of drug-likeness (QED) is 0.833. The lowest BCUT2D eigenvalue weighted by atomic mass is 10.2. The largest absolute Gasteiger partial charge is 0.481 e. The number of nitrogens with zero attached hydrogens (tertiary/aromatic N) is 3. The molecule has 2 aliphatic heterocycles. The van der Waals surface area contributed by atoms with Gasteiger partial charge < -0.3 is 14.9 Å². The van der Waals surface area contributed by atoms with Gasteiger partial charge in [-0.25, -0.2) is 4.79 Å². The van der Waals surface area contributed by atoms with E-state index in [4.69, 9.17) is 5.11 Å². The number of amides is 2. The minimum Gasteiger partial charge on any atom is -0.481 e. The van der Waals surface area contributed by atoms with Crippen LogP contribution in [0.1, 0.15) is 26.2 Å². The molecule has 20 heavy (non-hydrogen) atoms. The van der Waals surface area contributed by atoms with Gasteiger partial charge in [0.05, 0.1) is 5.92 Å².